The van der Waals surface area contributed by atoms with Crippen molar-refractivity contribution >= 4 is 6.09 Å². The van der Waals surface area contributed by atoms with Crippen LogP contribution in [-0.4, -0.2) is 47.1 Å². The van der Waals surface area contributed by atoms with Crippen LogP contribution in [0.4, 0.5) is 18.0 Å². The fraction of sp³-hybridized carbons (Fsp3) is 0.588. The summed E-state index contributed by atoms with van der Waals surface area (Å²) in [5.74, 6) is -2.58. The van der Waals surface area contributed by atoms with Crippen LogP contribution in [0.1, 0.15) is 30.7 Å². The van der Waals surface area contributed by atoms with Gasteiger partial charge in [0, 0.05) is 18.6 Å². The first-order valence-electron chi connectivity index (χ1n) is 8.26. The molecule has 2 heterocycles. The van der Waals surface area contributed by atoms with Crippen molar-refractivity contribution in [2.45, 2.75) is 43.1 Å². The third-order valence-corrected chi connectivity index (χ3v) is 5.47. The largest absolute Gasteiger partial charge is 0.530 e. The highest BCUT2D eigenvalue weighted by Gasteiger charge is 2.57. The van der Waals surface area contributed by atoms with Gasteiger partial charge in [-0.3, -0.25) is 5.32 Å². The van der Waals surface area contributed by atoms with E-state index >= 15 is 0 Å². The molecule has 0 aliphatic carbocycles. The highest BCUT2D eigenvalue weighted by atomic mass is 19.4. The van der Waals surface area contributed by atoms with E-state index < -0.39 is 35.9 Å². The third kappa shape index (κ3) is 3.46. The number of rotatable bonds is 2. The molecule has 2 fully saturated rings. The van der Waals surface area contributed by atoms with Crippen LogP contribution in [-0.2, 0) is 0 Å². The number of hydrogen-bond donors (Lipinski definition) is 2. The molecule has 5 nitrogen and oxygen atoms in total. The van der Waals surface area contributed by atoms with Gasteiger partial charge in [0.05, 0.1) is 5.92 Å². The van der Waals surface area contributed by atoms with Crippen LogP contribution >= 0.6 is 0 Å². The number of piperidine rings is 1. The molecule has 3 unspecified atom stereocenters. The maximum atomic E-state index is 13.9. The second-order valence-corrected chi connectivity index (χ2v) is 6.84. The third-order valence-electron chi connectivity index (χ3n) is 5.47. The summed E-state index contributed by atoms with van der Waals surface area (Å²) in [6, 6.07) is 7.70. The van der Waals surface area contributed by atoms with Crippen LogP contribution < -0.4 is 10.4 Å². The molecule has 3 atom stereocenters. The second-order valence-electron chi connectivity index (χ2n) is 6.84. The minimum Gasteiger partial charge on any atom is -0.530 e. The van der Waals surface area contributed by atoms with Gasteiger partial charge in [0.15, 0.2) is 0 Å². The van der Waals surface area contributed by atoms with Crippen LogP contribution in [0.3, 0.4) is 0 Å². The van der Waals surface area contributed by atoms with Gasteiger partial charge >= 0.3 is 6.18 Å². The highest BCUT2D eigenvalue weighted by molar-refractivity contribution is 5.62. The average molecular weight is 357 g/mol. The van der Waals surface area contributed by atoms with E-state index in [4.69, 9.17) is 0 Å². The Morgan fingerprint density at radius 2 is 1.88 bits per heavy atom. The lowest BCUT2D eigenvalue weighted by Gasteiger charge is -2.46. The average Bonchev–Trinajstić information content (AvgIpc) is 2.83. The first kappa shape index (κ1) is 18.0. The van der Waals surface area contributed by atoms with E-state index in [2.05, 4.69) is 5.32 Å². The lowest BCUT2D eigenvalue weighted by Crippen LogP contribution is -2.58. The predicted octanol–water partition coefficient (Wildman–Crippen LogP) is 1.44. The van der Waals surface area contributed by atoms with Crippen molar-refractivity contribution in [3.8, 4) is 0 Å². The molecule has 2 aliphatic heterocycles. The van der Waals surface area contributed by atoms with Crippen LogP contribution in [0.2, 0.25) is 0 Å². The SMILES string of the molecule is O=C([O-])N1CCC2(CC1)NC(O)CC2C(c1ccccc1)C(F)(F)F. The van der Waals surface area contributed by atoms with Gasteiger partial charge in [-0.2, -0.15) is 13.2 Å². The van der Waals surface area contributed by atoms with Gasteiger partial charge in [-0.05, 0) is 30.7 Å². The molecule has 1 spiro atoms. The van der Waals surface area contributed by atoms with Crippen molar-refractivity contribution in [1.29, 1.82) is 0 Å². The number of amides is 1. The van der Waals surface area contributed by atoms with Crippen molar-refractivity contribution < 1.29 is 28.2 Å². The standard InChI is InChI=1S/C17H21F3N2O3/c18-17(19,20)14(11-4-2-1-3-5-11)12-10-13(23)21-16(12)6-8-22(9-7-16)15(24)25/h1-5,12-14,21,23H,6-10H2,(H,24,25)/p-1. The fourth-order valence-electron chi connectivity index (χ4n) is 4.33. The molecule has 1 aromatic carbocycles. The summed E-state index contributed by atoms with van der Waals surface area (Å²) in [7, 11) is 0. The minimum absolute atomic E-state index is 0.0234. The Bertz CT molecular complexity index is 615. The van der Waals surface area contributed by atoms with Gasteiger partial charge in [0.25, 0.3) is 0 Å². The molecule has 0 bridgehead atoms. The molecule has 2 N–H and O–H groups in total. The maximum Gasteiger partial charge on any atom is 0.396 e. The number of alkyl halides is 3. The fourth-order valence-corrected chi connectivity index (χ4v) is 4.33. The summed E-state index contributed by atoms with van der Waals surface area (Å²) in [5, 5.41) is 23.9. The molecule has 1 aromatic rings. The Labute approximate surface area is 143 Å². The van der Waals surface area contributed by atoms with E-state index in [1.807, 2.05) is 0 Å². The molecule has 138 valence electrons. The normalized spacial score (nSPS) is 27.4. The van der Waals surface area contributed by atoms with Crippen molar-refractivity contribution in [1.82, 2.24) is 10.2 Å². The topological polar surface area (TPSA) is 75.6 Å². The van der Waals surface area contributed by atoms with Gasteiger partial charge in [0.2, 0.25) is 0 Å². The molecule has 1 amide bonds. The molecule has 2 saturated heterocycles. The molecule has 0 aromatic heterocycles. The van der Waals surface area contributed by atoms with E-state index in [9.17, 15) is 28.2 Å². The zero-order valence-electron chi connectivity index (χ0n) is 13.5. The van der Waals surface area contributed by atoms with E-state index in [0.717, 1.165) is 4.90 Å². The first-order valence-corrected chi connectivity index (χ1v) is 8.26. The van der Waals surface area contributed by atoms with Gasteiger partial charge in [-0.1, -0.05) is 30.3 Å². The molecule has 2 aliphatic rings. The number of likely N-dealkylation sites (tertiary alicyclic amines) is 1. The summed E-state index contributed by atoms with van der Waals surface area (Å²) < 4.78 is 41.7. The monoisotopic (exact) mass is 357 g/mol. The Morgan fingerprint density at radius 3 is 2.40 bits per heavy atom. The Kier molecular flexibility index (Phi) is 4.68. The second kappa shape index (κ2) is 6.49. The summed E-state index contributed by atoms with van der Waals surface area (Å²) >= 11 is 0. The van der Waals surface area contributed by atoms with Crippen LogP contribution in [0.25, 0.3) is 0 Å². The zero-order chi connectivity index (χ0) is 18.2. The van der Waals surface area contributed by atoms with Crippen LogP contribution in [0.5, 0.6) is 0 Å². The van der Waals surface area contributed by atoms with Gasteiger partial charge in [-0.25, -0.2) is 0 Å². The van der Waals surface area contributed by atoms with Gasteiger partial charge < -0.3 is 19.9 Å². The number of nitrogens with zero attached hydrogens (tertiary/aromatic N) is 1. The summed E-state index contributed by atoms with van der Waals surface area (Å²) in [6.45, 7) is 0.190. The summed E-state index contributed by atoms with van der Waals surface area (Å²) in [5.41, 5.74) is -0.779. The molecular formula is C17H20F3N2O3-. The number of carbonyl (C=O) groups is 1. The number of nitrogens with one attached hydrogen (secondary N) is 1. The molecule has 8 heteroatoms. The molecule has 0 saturated carbocycles. The number of aliphatic hydroxyl groups excluding tert-OH is 1. The quantitative estimate of drug-likeness (QED) is 0.840. The number of halogens is 3. The Hall–Kier alpha value is -1.80. The van der Waals surface area contributed by atoms with Crippen molar-refractivity contribution in [3.63, 3.8) is 0 Å². The summed E-state index contributed by atoms with van der Waals surface area (Å²) in [4.78, 5) is 12.1. The number of carbonyl (C=O) groups excluding carboxylic acids is 1. The lowest BCUT2D eigenvalue weighted by molar-refractivity contribution is -0.267. The van der Waals surface area contributed by atoms with Gasteiger partial charge in [-0.15, -0.1) is 0 Å². The van der Waals surface area contributed by atoms with Crippen molar-refractivity contribution in [2.75, 3.05) is 13.1 Å². The highest BCUT2D eigenvalue weighted by Crippen LogP contribution is 2.51. The molecule has 25 heavy (non-hydrogen) atoms. The number of benzene rings is 1. The summed E-state index contributed by atoms with van der Waals surface area (Å²) in [6.07, 6.45) is -6.42. The van der Waals surface area contributed by atoms with E-state index in [0.29, 0.717) is 0 Å². The number of carboxylic acid groups (broad SMARTS) is 1. The van der Waals surface area contributed by atoms with E-state index in [1.165, 1.54) is 12.1 Å². The van der Waals surface area contributed by atoms with Gasteiger partial charge in [0.1, 0.15) is 12.3 Å². The smallest absolute Gasteiger partial charge is 0.396 e. The van der Waals surface area contributed by atoms with Crippen LogP contribution in [0, 0.1) is 5.92 Å². The van der Waals surface area contributed by atoms with Crippen molar-refractivity contribution in [3.05, 3.63) is 35.9 Å². The zero-order valence-corrected chi connectivity index (χ0v) is 13.5. The molecular weight excluding hydrogens is 337 g/mol. The first-order chi connectivity index (χ1) is 11.7. The maximum absolute atomic E-state index is 13.9. The predicted molar refractivity (Wildman–Crippen MR) is 81.4 cm³/mol. The molecule has 0 radical (unpaired) electrons. The number of aliphatic hydroxyl groups is 1. The minimum atomic E-state index is -4.46. The van der Waals surface area contributed by atoms with Crippen molar-refractivity contribution in [2.24, 2.45) is 5.92 Å². The molecule has 3 rings (SSSR count). The van der Waals surface area contributed by atoms with E-state index in [-0.39, 0.29) is 37.9 Å². The Balaban J connectivity index is 1.93. The Morgan fingerprint density at radius 1 is 1.28 bits per heavy atom. The van der Waals surface area contributed by atoms with E-state index in [1.54, 1.807) is 18.2 Å². The van der Waals surface area contributed by atoms with Crippen LogP contribution in [0.15, 0.2) is 30.3 Å². The number of hydrogen-bond acceptors (Lipinski definition) is 4. The lowest BCUT2D eigenvalue weighted by atomic mass is 9.69.